The van der Waals surface area contributed by atoms with Crippen LogP contribution in [0.5, 0.6) is 23.1 Å². The van der Waals surface area contributed by atoms with Crippen LogP contribution in [0, 0.1) is 5.92 Å². The zero-order valence-corrected chi connectivity index (χ0v) is 18.3. The molecule has 33 heavy (non-hydrogen) atoms. The van der Waals surface area contributed by atoms with Crippen molar-refractivity contribution >= 4 is 11.6 Å². The van der Waals surface area contributed by atoms with Crippen LogP contribution < -0.4 is 19.7 Å². The number of hydrogen-bond acceptors (Lipinski definition) is 5. The molecule has 1 aliphatic carbocycles. The van der Waals surface area contributed by atoms with E-state index in [-0.39, 0.29) is 16.3 Å². The van der Waals surface area contributed by atoms with Gasteiger partial charge in [-0.3, -0.25) is 0 Å². The minimum absolute atomic E-state index is 0.134. The minimum Gasteiger partial charge on any atom is -0.457 e. The average Bonchev–Trinajstić information content (AvgIpc) is 3.71. The van der Waals surface area contributed by atoms with Gasteiger partial charge in [0.1, 0.15) is 35.7 Å². The molecule has 6 heteroatoms. The standard InChI is InChI=1S/C27H26N3O3/c28-18-20-4-3-17-30(19-20,27(31)21-6-7-21)22-8-10-23(11-9-22)32-24-12-14-25(15-13-24)33-26-5-1-2-16-29-26/h1-5,8-16,19,21H,6-7,17-18,28H2/q+1. The highest BCUT2D eigenvalue weighted by Gasteiger charge is 2.47. The second-order valence-corrected chi connectivity index (χ2v) is 8.31. The number of carbonyl (C=O) groups excluding carboxylic acids is 1. The summed E-state index contributed by atoms with van der Waals surface area (Å²) in [5, 5.41) is 0. The summed E-state index contributed by atoms with van der Waals surface area (Å²) in [4.78, 5) is 17.4. The Balaban J connectivity index is 1.32. The molecule has 1 atom stereocenters. The van der Waals surface area contributed by atoms with E-state index in [1.165, 1.54) is 0 Å². The molecule has 2 N–H and O–H groups in total. The van der Waals surface area contributed by atoms with Crippen LogP contribution in [-0.2, 0) is 4.79 Å². The van der Waals surface area contributed by atoms with Gasteiger partial charge in [0.25, 0.3) is 0 Å². The Morgan fingerprint density at radius 1 is 0.939 bits per heavy atom. The molecular weight excluding hydrogens is 414 g/mol. The molecule has 1 unspecified atom stereocenters. The fourth-order valence-electron chi connectivity index (χ4n) is 4.01. The number of nitrogens with zero attached hydrogens (tertiary/aromatic N) is 2. The van der Waals surface area contributed by atoms with Crippen molar-refractivity contribution in [3.05, 3.63) is 96.9 Å². The third-order valence-electron chi connectivity index (χ3n) is 5.88. The zero-order valence-electron chi connectivity index (χ0n) is 18.3. The van der Waals surface area contributed by atoms with E-state index in [1.54, 1.807) is 12.3 Å². The first-order chi connectivity index (χ1) is 16.2. The molecule has 1 saturated carbocycles. The van der Waals surface area contributed by atoms with Gasteiger partial charge in [-0.05, 0) is 61.4 Å². The first-order valence-corrected chi connectivity index (χ1v) is 11.1. The van der Waals surface area contributed by atoms with Crippen LogP contribution in [0.1, 0.15) is 12.8 Å². The maximum absolute atomic E-state index is 13.3. The molecule has 0 radical (unpaired) electrons. The average molecular weight is 441 g/mol. The second-order valence-electron chi connectivity index (χ2n) is 8.31. The number of nitrogens with two attached hydrogens (primary N) is 1. The van der Waals surface area contributed by atoms with Gasteiger partial charge in [0.15, 0.2) is 0 Å². The van der Waals surface area contributed by atoms with Crippen molar-refractivity contribution in [2.75, 3.05) is 13.1 Å². The molecule has 2 heterocycles. The summed E-state index contributed by atoms with van der Waals surface area (Å²) in [5.41, 5.74) is 7.79. The number of aromatic nitrogens is 1. The Kier molecular flexibility index (Phi) is 5.77. The summed E-state index contributed by atoms with van der Waals surface area (Å²) < 4.78 is 11.9. The molecule has 3 aromatic rings. The molecule has 2 aromatic carbocycles. The molecule has 6 nitrogen and oxygen atoms in total. The van der Waals surface area contributed by atoms with Crippen molar-refractivity contribution in [1.29, 1.82) is 0 Å². The van der Waals surface area contributed by atoms with Gasteiger partial charge >= 0.3 is 5.91 Å². The first-order valence-electron chi connectivity index (χ1n) is 11.1. The lowest BCUT2D eigenvalue weighted by molar-refractivity contribution is -0.129. The molecule has 0 saturated heterocycles. The fourth-order valence-corrected chi connectivity index (χ4v) is 4.01. The Morgan fingerprint density at radius 2 is 1.61 bits per heavy atom. The third-order valence-corrected chi connectivity index (χ3v) is 5.88. The van der Waals surface area contributed by atoms with Crippen LogP contribution in [0.15, 0.2) is 96.9 Å². The first kappa shape index (κ1) is 21.1. The van der Waals surface area contributed by atoms with Crippen molar-refractivity contribution in [1.82, 2.24) is 9.47 Å². The summed E-state index contributed by atoms with van der Waals surface area (Å²) in [5.74, 6) is 2.99. The van der Waals surface area contributed by atoms with Crippen molar-refractivity contribution in [3.8, 4) is 23.1 Å². The highest BCUT2D eigenvalue weighted by molar-refractivity contribution is 5.94. The van der Waals surface area contributed by atoms with Crippen molar-refractivity contribution in [3.63, 3.8) is 0 Å². The number of ether oxygens (including phenoxy) is 2. The largest absolute Gasteiger partial charge is 0.457 e. The molecule has 0 spiro atoms. The number of quaternary nitrogens is 1. The van der Waals surface area contributed by atoms with E-state index in [1.807, 2.05) is 79.0 Å². The minimum atomic E-state index is 0.134. The van der Waals surface area contributed by atoms with E-state index in [0.29, 0.717) is 36.2 Å². The SMILES string of the molecule is NCC1=C[N+](C(=O)C2CC2)(c2ccc(Oc3ccc(Oc4ccccn4)cc3)cc2)CC=C1. The van der Waals surface area contributed by atoms with Gasteiger partial charge < -0.3 is 15.2 Å². The number of hydrogen-bond donors (Lipinski definition) is 1. The maximum Gasteiger partial charge on any atom is 0.326 e. The predicted octanol–water partition coefficient (Wildman–Crippen LogP) is 5.32. The lowest BCUT2D eigenvalue weighted by atomic mass is 10.1. The Morgan fingerprint density at radius 3 is 2.21 bits per heavy atom. The number of rotatable bonds is 7. The molecule has 2 aliphatic rings. The van der Waals surface area contributed by atoms with Gasteiger partial charge in [0, 0.05) is 36.5 Å². The molecule has 1 aliphatic heterocycles. The lowest BCUT2D eigenvalue weighted by Crippen LogP contribution is -2.52. The van der Waals surface area contributed by atoms with Crippen LogP contribution in [0.25, 0.3) is 0 Å². The molecule has 0 bridgehead atoms. The quantitative estimate of drug-likeness (QED) is 0.503. The number of carbonyl (C=O) groups is 1. The van der Waals surface area contributed by atoms with Crippen molar-refractivity contribution in [2.45, 2.75) is 12.8 Å². The van der Waals surface area contributed by atoms with Gasteiger partial charge in [0.2, 0.25) is 5.88 Å². The second kappa shape index (κ2) is 9.02. The highest BCUT2D eigenvalue weighted by atomic mass is 16.5. The highest BCUT2D eigenvalue weighted by Crippen LogP contribution is 2.39. The summed E-state index contributed by atoms with van der Waals surface area (Å²) in [6, 6.07) is 20.7. The smallest absolute Gasteiger partial charge is 0.326 e. The monoisotopic (exact) mass is 440 g/mol. The normalized spacial score (nSPS) is 19.6. The number of pyridine rings is 1. The number of amides is 1. The van der Waals surface area contributed by atoms with E-state index < -0.39 is 0 Å². The Labute approximate surface area is 193 Å². The van der Waals surface area contributed by atoms with Crippen molar-refractivity contribution < 1.29 is 14.3 Å². The van der Waals surface area contributed by atoms with E-state index in [2.05, 4.69) is 4.98 Å². The van der Waals surface area contributed by atoms with Crippen LogP contribution in [0.2, 0.25) is 0 Å². The van der Waals surface area contributed by atoms with Crippen LogP contribution >= 0.6 is 0 Å². The Bertz CT molecular complexity index is 1180. The summed E-state index contributed by atoms with van der Waals surface area (Å²) in [6.07, 6.45) is 9.69. The fraction of sp³-hybridized carbons (Fsp3) is 0.185. The van der Waals surface area contributed by atoms with Crippen LogP contribution in [-0.4, -0.2) is 24.0 Å². The maximum atomic E-state index is 13.3. The summed E-state index contributed by atoms with van der Waals surface area (Å²) in [7, 11) is 0. The van der Waals surface area contributed by atoms with Crippen LogP contribution in [0.4, 0.5) is 5.69 Å². The van der Waals surface area contributed by atoms with Gasteiger partial charge in [-0.15, -0.1) is 0 Å². The zero-order chi connectivity index (χ0) is 22.7. The van der Waals surface area contributed by atoms with Crippen molar-refractivity contribution in [2.24, 2.45) is 11.7 Å². The lowest BCUT2D eigenvalue weighted by Gasteiger charge is -2.33. The number of benzene rings is 2. The molecular formula is C27H26N3O3+. The van der Waals surface area contributed by atoms with E-state index in [0.717, 1.165) is 24.1 Å². The van der Waals surface area contributed by atoms with Gasteiger partial charge in [-0.25, -0.2) is 9.78 Å². The molecule has 166 valence electrons. The van der Waals surface area contributed by atoms with Gasteiger partial charge in [-0.2, -0.15) is 4.48 Å². The molecule has 1 amide bonds. The molecule has 1 aromatic heterocycles. The van der Waals surface area contributed by atoms with E-state index in [4.69, 9.17) is 15.2 Å². The summed E-state index contributed by atoms with van der Waals surface area (Å²) >= 11 is 0. The Hall–Kier alpha value is -3.74. The topological polar surface area (TPSA) is 74.4 Å². The molecule has 1 fully saturated rings. The third kappa shape index (κ3) is 4.58. The molecule has 5 rings (SSSR count). The predicted molar refractivity (Wildman–Crippen MR) is 128 cm³/mol. The summed E-state index contributed by atoms with van der Waals surface area (Å²) in [6.45, 7) is 1.02. The van der Waals surface area contributed by atoms with E-state index >= 15 is 0 Å². The van der Waals surface area contributed by atoms with Gasteiger partial charge in [0.05, 0.1) is 5.92 Å². The van der Waals surface area contributed by atoms with Crippen LogP contribution in [0.3, 0.4) is 0 Å². The van der Waals surface area contributed by atoms with Gasteiger partial charge in [-0.1, -0.05) is 12.1 Å². The van der Waals surface area contributed by atoms with E-state index in [9.17, 15) is 4.79 Å².